The molecule has 2 saturated heterocycles. The van der Waals surface area contributed by atoms with Gasteiger partial charge in [-0.2, -0.15) is 0 Å². The van der Waals surface area contributed by atoms with E-state index >= 15 is 0 Å². The average molecular weight is 395 g/mol. The number of piperidine rings is 1. The van der Waals surface area contributed by atoms with Gasteiger partial charge in [-0.15, -0.1) is 0 Å². The van der Waals surface area contributed by atoms with E-state index in [0.29, 0.717) is 32.1 Å². The number of hydrogen-bond acceptors (Lipinski definition) is 3. The molecule has 0 radical (unpaired) electrons. The van der Waals surface area contributed by atoms with E-state index in [1.54, 1.807) is 23.4 Å². The number of amides is 2. The van der Waals surface area contributed by atoms with E-state index in [0.717, 1.165) is 30.4 Å². The molecule has 5 nitrogen and oxygen atoms in total. The Hall–Kier alpha value is -2.76. The van der Waals surface area contributed by atoms with Gasteiger partial charge < -0.3 is 9.80 Å². The molecule has 1 aromatic heterocycles. The minimum absolute atomic E-state index is 0.0293. The number of rotatable bonds is 5. The molecule has 152 valence electrons. The Morgan fingerprint density at radius 1 is 1.14 bits per heavy atom. The smallest absolute Gasteiger partial charge is 0.227 e. The summed E-state index contributed by atoms with van der Waals surface area (Å²) in [4.78, 5) is 33.0. The van der Waals surface area contributed by atoms with Crippen LogP contribution in [0.2, 0.25) is 0 Å². The van der Waals surface area contributed by atoms with Gasteiger partial charge in [0.05, 0.1) is 5.92 Å². The summed E-state index contributed by atoms with van der Waals surface area (Å²) in [6, 6.07) is 10.7. The van der Waals surface area contributed by atoms with Crippen molar-refractivity contribution in [3.63, 3.8) is 0 Å². The van der Waals surface area contributed by atoms with Gasteiger partial charge in [0.2, 0.25) is 11.8 Å². The molecule has 6 heteroatoms. The summed E-state index contributed by atoms with van der Waals surface area (Å²) in [6.07, 6.45) is 6.21. The van der Waals surface area contributed by atoms with Gasteiger partial charge in [-0.25, -0.2) is 4.39 Å². The molecule has 2 aliphatic heterocycles. The molecule has 1 atom stereocenters. The lowest BCUT2D eigenvalue weighted by molar-refractivity contribution is -0.137. The number of aromatic nitrogens is 1. The molecule has 29 heavy (non-hydrogen) atoms. The predicted molar refractivity (Wildman–Crippen MR) is 107 cm³/mol. The lowest BCUT2D eigenvalue weighted by Gasteiger charge is -2.33. The molecule has 2 fully saturated rings. The summed E-state index contributed by atoms with van der Waals surface area (Å²) in [5, 5.41) is 0. The van der Waals surface area contributed by atoms with E-state index in [4.69, 9.17) is 0 Å². The zero-order chi connectivity index (χ0) is 20.2. The summed E-state index contributed by atoms with van der Waals surface area (Å²) in [6.45, 7) is 2.35. The topological polar surface area (TPSA) is 53.5 Å². The SMILES string of the molecule is O=C1CC(C(=O)N2CCC(Cc3ccccc3F)CC2)CN1Cc1cccnc1. The van der Waals surface area contributed by atoms with Crippen molar-refractivity contribution in [1.82, 2.24) is 14.8 Å². The van der Waals surface area contributed by atoms with Gasteiger partial charge in [0, 0.05) is 45.0 Å². The Bertz CT molecular complexity index is 865. The second-order valence-corrected chi connectivity index (χ2v) is 8.10. The Morgan fingerprint density at radius 2 is 1.93 bits per heavy atom. The largest absolute Gasteiger partial charge is 0.342 e. The minimum atomic E-state index is -0.262. The van der Waals surface area contributed by atoms with Gasteiger partial charge in [0.25, 0.3) is 0 Å². The van der Waals surface area contributed by atoms with Gasteiger partial charge >= 0.3 is 0 Å². The number of likely N-dealkylation sites (tertiary alicyclic amines) is 2. The molecule has 2 aliphatic rings. The summed E-state index contributed by atoms with van der Waals surface area (Å²) < 4.78 is 13.9. The van der Waals surface area contributed by atoms with Crippen LogP contribution in [0, 0.1) is 17.7 Å². The number of pyridine rings is 1. The molecule has 0 N–H and O–H groups in total. The van der Waals surface area contributed by atoms with E-state index < -0.39 is 0 Å². The van der Waals surface area contributed by atoms with Crippen LogP contribution in [-0.2, 0) is 22.6 Å². The fourth-order valence-corrected chi connectivity index (χ4v) is 4.39. The first-order valence-electron chi connectivity index (χ1n) is 10.3. The molecule has 0 bridgehead atoms. The summed E-state index contributed by atoms with van der Waals surface area (Å²) >= 11 is 0. The average Bonchev–Trinajstić information content (AvgIpc) is 3.11. The van der Waals surface area contributed by atoms with Crippen molar-refractivity contribution in [2.75, 3.05) is 19.6 Å². The van der Waals surface area contributed by atoms with Crippen LogP contribution in [0.3, 0.4) is 0 Å². The Kier molecular flexibility index (Phi) is 5.88. The van der Waals surface area contributed by atoms with Crippen LogP contribution in [0.25, 0.3) is 0 Å². The number of benzene rings is 1. The molecule has 1 unspecified atom stereocenters. The van der Waals surface area contributed by atoms with E-state index in [2.05, 4.69) is 4.98 Å². The van der Waals surface area contributed by atoms with Crippen molar-refractivity contribution in [1.29, 1.82) is 0 Å². The predicted octanol–water partition coefficient (Wildman–Crippen LogP) is 3.05. The number of hydrogen-bond donors (Lipinski definition) is 0. The van der Waals surface area contributed by atoms with E-state index in [-0.39, 0.29) is 30.0 Å². The van der Waals surface area contributed by atoms with Crippen LogP contribution in [0.4, 0.5) is 4.39 Å². The summed E-state index contributed by atoms with van der Waals surface area (Å²) in [7, 11) is 0. The second-order valence-electron chi connectivity index (χ2n) is 8.10. The fraction of sp³-hybridized carbons (Fsp3) is 0.435. The zero-order valence-electron chi connectivity index (χ0n) is 16.5. The molecule has 0 spiro atoms. The Balaban J connectivity index is 1.28. The molecule has 4 rings (SSSR count). The van der Waals surface area contributed by atoms with Crippen LogP contribution >= 0.6 is 0 Å². The van der Waals surface area contributed by atoms with E-state index in [1.807, 2.05) is 29.2 Å². The van der Waals surface area contributed by atoms with Crippen LogP contribution in [0.5, 0.6) is 0 Å². The number of nitrogens with zero attached hydrogens (tertiary/aromatic N) is 3. The highest BCUT2D eigenvalue weighted by Gasteiger charge is 2.37. The third-order valence-electron chi connectivity index (χ3n) is 6.05. The first kappa shape index (κ1) is 19.6. The van der Waals surface area contributed by atoms with Crippen LogP contribution in [0.1, 0.15) is 30.4 Å². The minimum Gasteiger partial charge on any atom is -0.342 e. The second kappa shape index (κ2) is 8.72. The number of carbonyl (C=O) groups excluding carboxylic acids is 2. The quantitative estimate of drug-likeness (QED) is 0.782. The first-order valence-corrected chi connectivity index (χ1v) is 10.3. The van der Waals surface area contributed by atoms with Crippen molar-refractivity contribution < 1.29 is 14.0 Å². The Morgan fingerprint density at radius 3 is 2.66 bits per heavy atom. The molecular weight excluding hydrogens is 369 g/mol. The summed E-state index contributed by atoms with van der Waals surface area (Å²) in [5.41, 5.74) is 1.73. The van der Waals surface area contributed by atoms with Crippen LogP contribution in [-0.4, -0.2) is 46.2 Å². The third kappa shape index (κ3) is 4.63. The Labute approximate surface area is 170 Å². The van der Waals surface area contributed by atoms with Crippen molar-refractivity contribution in [3.05, 3.63) is 65.7 Å². The maximum absolute atomic E-state index is 13.9. The molecular formula is C23H26FN3O2. The first-order chi connectivity index (χ1) is 14.1. The maximum atomic E-state index is 13.9. The fourth-order valence-electron chi connectivity index (χ4n) is 4.39. The molecule has 2 aromatic rings. The zero-order valence-corrected chi connectivity index (χ0v) is 16.5. The normalized spacial score (nSPS) is 20.3. The van der Waals surface area contributed by atoms with Gasteiger partial charge in [-0.3, -0.25) is 14.6 Å². The van der Waals surface area contributed by atoms with E-state index in [1.165, 1.54) is 6.07 Å². The van der Waals surface area contributed by atoms with Gasteiger partial charge in [-0.05, 0) is 48.4 Å². The maximum Gasteiger partial charge on any atom is 0.227 e. The standard InChI is InChI=1S/C23H26FN3O2/c24-21-6-2-1-5-19(21)12-17-7-10-26(11-8-17)23(29)20-13-22(28)27(16-20)15-18-4-3-9-25-14-18/h1-6,9,14,17,20H,7-8,10-13,15-16H2. The lowest BCUT2D eigenvalue weighted by atomic mass is 9.89. The van der Waals surface area contributed by atoms with Crippen molar-refractivity contribution in [2.45, 2.75) is 32.2 Å². The van der Waals surface area contributed by atoms with Crippen LogP contribution in [0.15, 0.2) is 48.8 Å². The van der Waals surface area contributed by atoms with Crippen molar-refractivity contribution in [2.24, 2.45) is 11.8 Å². The van der Waals surface area contributed by atoms with E-state index in [9.17, 15) is 14.0 Å². The van der Waals surface area contributed by atoms with Gasteiger partial charge in [-0.1, -0.05) is 24.3 Å². The molecule has 1 aromatic carbocycles. The van der Waals surface area contributed by atoms with Gasteiger partial charge in [0.1, 0.15) is 5.82 Å². The number of carbonyl (C=O) groups is 2. The molecule has 3 heterocycles. The number of halogens is 1. The van der Waals surface area contributed by atoms with Gasteiger partial charge in [0.15, 0.2) is 0 Å². The highest BCUT2D eigenvalue weighted by atomic mass is 19.1. The van der Waals surface area contributed by atoms with Crippen molar-refractivity contribution >= 4 is 11.8 Å². The highest BCUT2D eigenvalue weighted by molar-refractivity contribution is 5.89. The molecule has 2 amide bonds. The van der Waals surface area contributed by atoms with Crippen LogP contribution < -0.4 is 0 Å². The highest BCUT2D eigenvalue weighted by Crippen LogP contribution is 2.27. The third-order valence-corrected chi connectivity index (χ3v) is 6.05. The monoisotopic (exact) mass is 395 g/mol. The lowest BCUT2D eigenvalue weighted by Crippen LogP contribution is -2.42. The van der Waals surface area contributed by atoms with Crippen molar-refractivity contribution in [3.8, 4) is 0 Å². The molecule has 0 saturated carbocycles. The summed E-state index contributed by atoms with van der Waals surface area (Å²) in [5.74, 6) is 0.0905. The molecule has 0 aliphatic carbocycles.